The number of ether oxygens (including phenoxy) is 2. The molecule has 0 saturated carbocycles. The number of halogens is 1. The van der Waals surface area contributed by atoms with Gasteiger partial charge in [-0.1, -0.05) is 129 Å². The first-order valence-electron chi connectivity index (χ1n) is 19.2. The summed E-state index contributed by atoms with van der Waals surface area (Å²) in [6.45, 7) is 16.3. The van der Waals surface area contributed by atoms with Crippen LogP contribution in [-0.4, -0.2) is 18.2 Å². The highest BCUT2D eigenvalue weighted by molar-refractivity contribution is 5.70. The zero-order chi connectivity index (χ0) is 41.7. The molecule has 5 aromatic rings. The van der Waals surface area contributed by atoms with Crippen LogP contribution in [0, 0.1) is 11.7 Å². The molecule has 7 heteroatoms. The van der Waals surface area contributed by atoms with Crippen molar-refractivity contribution in [3.63, 3.8) is 0 Å². The number of methoxy groups -OCH3 is 1. The van der Waals surface area contributed by atoms with Gasteiger partial charge in [-0.05, 0) is 106 Å². The Bertz CT molecular complexity index is 1730. The SMILES string of the molecule is C/C=C\C.C=C(C)C.CC.COc1ccc(CC(CCC(OC(c2ccccc2)c2ccccc2)c2ccc(F)cc2)C(=O)O)cc1.Nc1ccc(C[NH3+])cc1. The zero-order valence-electron chi connectivity index (χ0n) is 34.5. The van der Waals surface area contributed by atoms with E-state index in [1.54, 1.807) is 19.2 Å². The highest BCUT2D eigenvalue weighted by atomic mass is 19.1. The Hall–Kier alpha value is -5.50. The number of rotatable bonds is 13. The molecule has 6 N–H and O–H groups in total. The van der Waals surface area contributed by atoms with E-state index in [9.17, 15) is 14.3 Å². The lowest BCUT2D eigenvalue weighted by Gasteiger charge is -2.27. The highest BCUT2D eigenvalue weighted by Gasteiger charge is 2.25. The van der Waals surface area contributed by atoms with E-state index in [2.05, 4.69) is 12.3 Å². The number of nitrogens with two attached hydrogens (primary N) is 1. The molecule has 300 valence electrons. The van der Waals surface area contributed by atoms with E-state index < -0.39 is 18.0 Å². The highest BCUT2D eigenvalue weighted by Crippen LogP contribution is 2.36. The van der Waals surface area contributed by atoms with Crippen molar-refractivity contribution < 1.29 is 29.5 Å². The molecule has 0 aliphatic carbocycles. The molecule has 2 unspecified atom stereocenters. The zero-order valence-corrected chi connectivity index (χ0v) is 34.5. The Morgan fingerprint density at radius 3 is 1.62 bits per heavy atom. The van der Waals surface area contributed by atoms with Crippen LogP contribution in [0.2, 0.25) is 0 Å². The van der Waals surface area contributed by atoms with Gasteiger partial charge in [-0.15, -0.1) is 6.58 Å². The van der Waals surface area contributed by atoms with E-state index in [1.807, 2.05) is 163 Å². The van der Waals surface area contributed by atoms with Crippen LogP contribution >= 0.6 is 0 Å². The summed E-state index contributed by atoms with van der Waals surface area (Å²) in [4.78, 5) is 12.2. The quantitative estimate of drug-likeness (QED) is 0.0817. The first-order valence-corrected chi connectivity index (χ1v) is 19.2. The standard InChI is InChI=1S/C32H31FO4.C7H10N2.2C4H8.C2H6/c1-36-29-19-12-23(13-20-29)22-27(32(34)35)16-21-30(24-14-17-28(33)18-15-24)37-31(25-8-4-2-5-9-25)26-10-6-3-7-11-26;8-5-6-1-3-7(9)4-2-6;1-4(2)3;1-3-4-2;1-2/h2-15,17-20,27,30-31H,16,21-22H2,1H3,(H,34,35);1-4H,5,8-9H2;1H2,2-3H3;3-4H,1-2H3;1-2H3/p+1/b;;;4-3-;. The van der Waals surface area contributed by atoms with E-state index >= 15 is 0 Å². The number of carboxylic acid groups (broad SMARTS) is 1. The molecule has 0 aliphatic heterocycles. The van der Waals surface area contributed by atoms with Gasteiger partial charge in [0.25, 0.3) is 0 Å². The predicted molar refractivity (Wildman–Crippen MR) is 232 cm³/mol. The van der Waals surface area contributed by atoms with Crippen LogP contribution in [0.4, 0.5) is 10.1 Å². The van der Waals surface area contributed by atoms with Gasteiger partial charge in [0.15, 0.2) is 0 Å². The lowest BCUT2D eigenvalue weighted by atomic mass is 9.91. The number of allylic oxidation sites excluding steroid dienone is 3. The summed E-state index contributed by atoms with van der Waals surface area (Å²) in [5.74, 6) is -1.04. The van der Waals surface area contributed by atoms with Crippen LogP contribution in [0.3, 0.4) is 0 Å². The molecule has 0 heterocycles. The Morgan fingerprint density at radius 1 is 0.750 bits per heavy atom. The van der Waals surface area contributed by atoms with Crippen molar-refractivity contribution in [1.29, 1.82) is 0 Å². The predicted octanol–water partition coefficient (Wildman–Crippen LogP) is 11.6. The molecule has 0 aromatic heterocycles. The number of aliphatic carboxylic acids is 1. The van der Waals surface area contributed by atoms with E-state index in [1.165, 1.54) is 23.3 Å². The maximum Gasteiger partial charge on any atom is 0.306 e. The average Bonchev–Trinajstić information content (AvgIpc) is 3.23. The van der Waals surface area contributed by atoms with Crippen LogP contribution in [0.15, 0.2) is 158 Å². The third-order valence-electron chi connectivity index (χ3n) is 8.12. The second-order valence-corrected chi connectivity index (χ2v) is 12.9. The van der Waals surface area contributed by atoms with Gasteiger partial charge in [0.2, 0.25) is 0 Å². The van der Waals surface area contributed by atoms with Crippen molar-refractivity contribution in [2.45, 2.75) is 79.6 Å². The molecule has 5 rings (SSSR count). The molecule has 56 heavy (non-hydrogen) atoms. The third-order valence-corrected chi connectivity index (χ3v) is 8.12. The van der Waals surface area contributed by atoms with Gasteiger partial charge in [0.1, 0.15) is 17.7 Å². The molecular weight excluding hydrogens is 700 g/mol. The molecule has 0 fully saturated rings. The Labute approximate surface area is 335 Å². The number of hydrogen-bond donors (Lipinski definition) is 3. The lowest BCUT2D eigenvalue weighted by molar-refractivity contribution is -0.386. The molecule has 6 nitrogen and oxygen atoms in total. The van der Waals surface area contributed by atoms with Gasteiger partial charge >= 0.3 is 5.97 Å². The Morgan fingerprint density at radius 2 is 1.21 bits per heavy atom. The van der Waals surface area contributed by atoms with Gasteiger partial charge in [-0.3, -0.25) is 4.79 Å². The van der Waals surface area contributed by atoms with E-state index in [-0.39, 0.29) is 11.9 Å². The summed E-state index contributed by atoms with van der Waals surface area (Å²) in [7, 11) is 1.60. The monoisotopic (exact) mass is 763 g/mol. The van der Waals surface area contributed by atoms with Crippen molar-refractivity contribution in [3.8, 4) is 5.75 Å². The van der Waals surface area contributed by atoms with Gasteiger partial charge in [-0.25, -0.2) is 4.39 Å². The summed E-state index contributed by atoms with van der Waals surface area (Å²) >= 11 is 0. The molecule has 0 amide bonds. The number of nitrogen functional groups attached to an aromatic ring is 1. The van der Waals surface area contributed by atoms with Crippen LogP contribution in [-0.2, 0) is 22.5 Å². The Balaban J connectivity index is 0.000000681. The van der Waals surface area contributed by atoms with Crippen molar-refractivity contribution in [1.82, 2.24) is 0 Å². The summed E-state index contributed by atoms with van der Waals surface area (Å²) in [5.41, 5.74) is 16.1. The van der Waals surface area contributed by atoms with Crippen LogP contribution in [0.1, 0.15) is 94.4 Å². The van der Waals surface area contributed by atoms with Gasteiger partial charge in [0.05, 0.1) is 25.7 Å². The largest absolute Gasteiger partial charge is 0.497 e. The van der Waals surface area contributed by atoms with Crippen molar-refractivity contribution in [2.75, 3.05) is 12.8 Å². The molecule has 0 radical (unpaired) electrons. The number of anilines is 1. The molecule has 0 spiro atoms. The van der Waals surface area contributed by atoms with Crippen molar-refractivity contribution in [2.24, 2.45) is 5.92 Å². The lowest BCUT2D eigenvalue weighted by Crippen LogP contribution is -2.47. The van der Waals surface area contributed by atoms with Gasteiger partial charge < -0.3 is 26.0 Å². The summed E-state index contributed by atoms with van der Waals surface area (Å²) in [6.07, 6.45) is 4.48. The fraction of sp³-hybridized carbons (Fsp3) is 0.286. The van der Waals surface area contributed by atoms with Crippen molar-refractivity contribution >= 4 is 11.7 Å². The van der Waals surface area contributed by atoms with E-state index in [0.29, 0.717) is 19.3 Å². The van der Waals surface area contributed by atoms with E-state index in [4.69, 9.17) is 15.2 Å². The number of benzene rings is 5. The summed E-state index contributed by atoms with van der Waals surface area (Å²) < 4.78 is 25.7. The second-order valence-electron chi connectivity index (χ2n) is 12.9. The molecular formula is C49H64FN2O4+. The molecule has 0 aliphatic rings. The maximum absolute atomic E-state index is 13.7. The van der Waals surface area contributed by atoms with Gasteiger partial charge in [-0.2, -0.15) is 0 Å². The van der Waals surface area contributed by atoms with Crippen LogP contribution < -0.4 is 16.2 Å². The summed E-state index contributed by atoms with van der Waals surface area (Å²) in [6, 6.07) is 41.3. The van der Waals surface area contributed by atoms with Crippen molar-refractivity contribution in [3.05, 3.63) is 191 Å². The Kier molecular flexibility index (Phi) is 25.0. The smallest absolute Gasteiger partial charge is 0.306 e. The minimum atomic E-state index is -0.851. The fourth-order valence-electron chi connectivity index (χ4n) is 5.16. The van der Waals surface area contributed by atoms with E-state index in [0.717, 1.165) is 40.2 Å². The maximum atomic E-state index is 13.7. The minimum absolute atomic E-state index is 0.326. The first kappa shape index (κ1) is 48.5. The second kappa shape index (κ2) is 28.9. The van der Waals surface area contributed by atoms with Crippen LogP contribution in [0.5, 0.6) is 5.75 Å². The third kappa shape index (κ3) is 19.7. The first-order chi connectivity index (χ1) is 27.0. The minimum Gasteiger partial charge on any atom is -0.497 e. The number of carboxylic acids is 1. The van der Waals surface area contributed by atoms with Crippen LogP contribution in [0.25, 0.3) is 0 Å². The molecule has 2 atom stereocenters. The fourth-order valence-corrected chi connectivity index (χ4v) is 5.16. The number of hydrogen-bond acceptors (Lipinski definition) is 4. The molecule has 5 aromatic carbocycles. The van der Waals surface area contributed by atoms with Gasteiger partial charge in [0, 0.05) is 11.3 Å². The summed E-state index contributed by atoms with van der Waals surface area (Å²) in [5, 5.41) is 9.98. The topological polar surface area (TPSA) is 109 Å². The average molecular weight is 764 g/mol. The molecule has 0 bridgehead atoms. The number of carbonyl (C=O) groups is 1. The number of quaternary nitrogens is 1. The normalized spacial score (nSPS) is 11.2. The molecule has 0 saturated heterocycles.